The fraction of sp³-hybridized carbons (Fsp3) is 0.538. The Morgan fingerprint density at radius 2 is 2.29 bits per heavy atom. The van der Waals surface area contributed by atoms with Crippen molar-refractivity contribution in [3.05, 3.63) is 22.8 Å². The van der Waals surface area contributed by atoms with E-state index >= 15 is 0 Å². The molecule has 0 saturated heterocycles. The number of nitrogens with two attached hydrogens (primary N) is 1. The topological polar surface area (TPSA) is 44.5 Å². The van der Waals surface area contributed by atoms with Crippen molar-refractivity contribution in [1.29, 1.82) is 0 Å². The molecule has 0 spiro atoms. The van der Waals surface area contributed by atoms with Crippen molar-refractivity contribution < 1.29 is 13.9 Å². The Morgan fingerprint density at radius 3 is 2.94 bits per heavy atom. The number of rotatable bonds is 5. The van der Waals surface area contributed by atoms with E-state index in [9.17, 15) is 4.39 Å². The predicted octanol–water partition coefficient (Wildman–Crippen LogP) is 1.64. The zero-order valence-corrected chi connectivity index (χ0v) is 10.1. The third-order valence-corrected chi connectivity index (χ3v) is 3.11. The van der Waals surface area contributed by atoms with E-state index in [1.165, 1.54) is 0 Å². The van der Waals surface area contributed by atoms with E-state index in [4.69, 9.17) is 15.2 Å². The Morgan fingerprint density at radius 1 is 1.47 bits per heavy atom. The number of methoxy groups -OCH3 is 1. The van der Waals surface area contributed by atoms with Crippen molar-refractivity contribution in [3.63, 3.8) is 0 Å². The maximum absolute atomic E-state index is 12.5. The van der Waals surface area contributed by atoms with Gasteiger partial charge in [-0.2, -0.15) is 0 Å². The molecule has 94 valence electrons. The minimum absolute atomic E-state index is 0.377. The third-order valence-electron chi connectivity index (χ3n) is 3.11. The Balaban J connectivity index is 2.49. The van der Waals surface area contributed by atoms with Crippen molar-refractivity contribution >= 4 is 0 Å². The van der Waals surface area contributed by atoms with E-state index < -0.39 is 0 Å². The van der Waals surface area contributed by atoms with Gasteiger partial charge in [-0.05, 0) is 19.0 Å². The molecule has 0 atom stereocenters. The van der Waals surface area contributed by atoms with Crippen LogP contribution in [0.4, 0.5) is 4.39 Å². The van der Waals surface area contributed by atoms with E-state index in [0.29, 0.717) is 19.6 Å². The Hall–Kier alpha value is -1.29. The molecule has 1 heterocycles. The van der Waals surface area contributed by atoms with Gasteiger partial charge in [-0.1, -0.05) is 0 Å². The van der Waals surface area contributed by atoms with Gasteiger partial charge in [0, 0.05) is 29.5 Å². The van der Waals surface area contributed by atoms with Crippen LogP contribution in [0, 0.1) is 0 Å². The van der Waals surface area contributed by atoms with Gasteiger partial charge < -0.3 is 15.2 Å². The third kappa shape index (κ3) is 2.22. The number of aryl methyl sites for hydroxylation is 1. The summed E-state index contributed by atoms with van der Waals surface area (Å²) in [6.45, 7) is 0.861. The lowest BCUT2D eigenvalue weighted by Gasteiger charge is -2.15. The van der Waals surface area contributed by atoms with Crippen LogP contribution in [-0.4, -0.2) is 26.9 Å². The summed E-state index contributed by atoms with van der Waals surface area (Å²) in [5, 5.41) is 0. The molecule has 0 amide bonds. The summed E-state index contributed by atoms with van der Waals surface area (Å²) in [6, 6.07) is 1.88. The molecule has 0 saturated carbocycles. The van der Waals surface area contributed by atoms with Gasteiger partial charge in [0.2, 0.25) is 0 Å². The molecule has 0 fully saturated rings. The molecule has 3 nitrogen and oxygen atoms in total. The quantitative estimate of drug-likeness (QED) is 0.849. The van der Waals surface area contributed by atoms with Crippen LogP contribution < -0.4 is 15.2 Å². The SMILES string of the molecule is COc1cc(CCF)c2c(c1CCN)CCO2. The van der Waals surface area contributed by atoms with Gasteiger partial charge in [0.15, 0.2) is 0 Å². The van der Waals surface area contributed by atoms with Gasteiger partial charge in [-0.25, -0.2) is 0 Å². The summed E-state index contributed by atoms with van der Waals surface area (Å²) in [5.74, 6) is 1.66. The first-order valence-corrected chi connectivity index (χ1v) is 5.92. The molecule has 2 rings (SSSR count). The van der Waals surface area contributed by atoms with Crippen LogP contribution in [0.3, 0.4) is 0 Å². The van der Waals surface area contributed by atoms with Crippen LogP contribution in [0.25, 0.3) is 0 Å². The molecule has 1 aliphatic rings. The first-order valence-electron chi connectivity index (χ1n) is 5.92. The number of hydrogen-bond acceptors (Lipinski definition) is 3. The van der Waals surface area contributed by atoms with Gasteiger partial charge in [-0.3, -0.25) is 4.39 Å². The maximum atomic E-state index is 12.5. The van der Waals surface area contributed by atoms with Crippen LogP contribution in [0.1, 0.15) is 16.7 Å². The predicted molar refractivity (Wildman–Crippen MR) is 64.6 cm³/mol. The average Bonchev–Trinajstić information content (AvgIpc) is 2.81. The average molecular weight is 239 g/mol. The van der Waals surface area contributed by atoms with E-state index in [1.54, 1.807) is 7.11 Å². The highest BCUT2D eigenvalue weighted by molar-refractivity contribution is 5.55. The molecule has 17 heavy (non-hydrogen) atoms. The molecule has 1 aromatic carbocycles. The first kappa shape index (κ1) is 12.2. The Kier molecular flexibility index (Phi) is 3.84. The van der Waals surface area contributed by atoms with E-state index in [1.807, 2.05) is 6.07 Å². The summed E-state index contributed by atoms with van der Waals surface area (Å²) in [6.07, 6.45) is 2.01. The summed E-state index contributed by atoms with van der Waals surface area (Å²) >= 11 is 0. The van der Waals surface area contributed by atoms with Gasteiger partial charge in [0.1, 0.15) is 11.5 Å². The zero-order chi connectivity index (χ0) is 12.3. The minimum atomic E-state index is -0.380. The Bertz CT molecular complexity index is 407. The monoisotopic (exact) mass is 239 g/mol. The lowest BCUT2D eigenvalue weighted by atomic mass is 9.96. The standard InChI is InChI=1S/C13H18FNO2/c1-16-12-8-9(2-5-14)13-11(4-7-17-13)10(12)3-6-15/h8H,2-7,15H2,1H3. The highest BCUT2D eigenvalue weighted by Crippen LogP contribution is 2.38. The van der Waals surface area contributed by atoms with E-state index in [0.717, 1.165) is 41.0 Å². The lowest BCUT2D eigenvalue weighted by Crippen LogP contribution is -2.07. The number of fused-ring (bicyclic) bond motifs is 1. The lowest BCUT2D eigenvalue weighted by molar-refractivity contribution is 0.350. The molecule has 0 aliphatic carbocycles. The molecule has 2 N–H and O–H groups in total. The number of benzene rings is 1. The smallest absolute Gasteiger partial charge is 0.126 e. The molecule has 0 bridgehead atoms. The van der Waals surface area contributed by atoms with E-state index in [2.05, 4.69) is 0 Å². The van der Waals surface area contributed by atoms with Crippen molar-refractivity contribution in [2.75, 3.05) is 26.9 Å². The van der Waals surface area contributed by atoms with Crippen LogP contribution >= 0.6 is 0 Å². The van der Waals surface area contributed by atoms with Crippen molar-refractivity contribution in [2.45, 2.75) is 19.3 Å². The van der Waals surface area contributed by atoms with Crippen LogP contribution in [0.5, 0.6) is 11.5 Å². The normalized spacial score (nSPS) is 13.4. The Labute approximate surface area is 101 Å². The molecule has 0 unspecified atom stereocenters. The van der Waals surface area contributed by atoms with Crippen molar-refractivity contribution in [2.24, 2.45) is 5.73 Å². The van der Waals surface area contributed by atoms with Gasteiger partial charge in [0.25, 0.3) is 0 Å². The molecular formula is C13H18FNO2. The fourth-order valence-electron chi connectivity index (χ4n) is 2.38. The zero-order valence-electron chi connectivity index (χ0n) is 10.1. The maximum Gasteiger partial charge on any atom is 0.126 e. The fourth-order valence-corrected chi connectivity index (χ4v) is 2.38. The second-order valence-electron chi connectivity index (χ2n) is 4.10. The summed E-state index contributed by atoms with van der Waals surface area (Å²) in [5.41, 5.74) is 8.79. The summed E-state index contributed by atoms with van der Waals surface area (Å²) in [4.78, 5) is 0. The first-order chi connectivity index (χ1) is 8.31. The number of halogens is 1. The molecule has 0 aromatic heterocycles. The van der Waals surface area contributed by atoms with Gasteiger partial charge >= 0.3 is 0 Å². The minimum Gasteiger partial charge on any atom is -0.496 e. The van der Waals surface area contributed by atoms with E-state index in [-0.39, 0.29) is 6.67 Å². The highest BCUT2D eigenvalue weighted by atomic mass is 19.1. The molecular weight excluding hydrogens is 221 g/mol. The second kappa shape index (κ2) is 5.36. The summed E-state index contributed by atoms with van der Waals surface area (Å²) in [7, 11) is 1.64. The number of ether oxygens (including phenoxy) is 2. The van der Waals surface area contributed by atoms with Crippen LogP contribution in [0.15, 0.2) is 6.07 Å². The molecule has 1 aromatic rings. The van der Waals surface area contributed by atoms with Crippen LogP contribution in [0.2, 0.25) is 0 Å². The van der Waals surface area contributed by atoms with Gasteiger partial charge in [0.05, 0.1) is 20.4 Å². The second-order valence-corrected chi connectivity index (χ2v) is 4.10. The molecule has 0 radical (unpaired) electrons. The van der Waals surface area contributed by atoms with Crippen molar-refractivity contribution in [1.82, 2.24) is 0 Å². The summed E-state index contributed by atoms with van der Waals surface area (Å²) < 4.78 is 23.5. The van der Waals surface area contributed by atoms with Gasteiger partial charge in [-0.15, -0.1) is 0 Å². The van der Waals surface area contributed by atoms with Crippen LogP contribution in [-0.2, 0) is 19.3 Å². The molecule has 4 heteroatoms. The molecule has 1 aliphatic heterocycles. The number of hydrogen-bond donors (Lipinski definition) is 1. The van der Waals surface area contributed by atoms with Crippen molar-refractivity contribution in [3.8, 4) is 11.5 Å². The highest BCUT2D eigenvalue weighted by Gasteiger charge is 2.23. The number of alkyl halides is 1. The largest absolute Gasteiger partial charge is 0.496 e.